The second-order valence-corrected chi connectivity index (χ2v) is 6.24. The molecule has 0 bridgehead atoms. The molecule has 0 unspecified atom stereocenters. The predicted octanol–water partition coefficient (Wildman–Crippen LogP) is 2.97. The Hall–Kier alpha value is -1.95. The van der Waals surface area contributed by atoms with Gasteiger partial charge < -0.3 is 10.1 Å². The quantitative estimate of drug-likeness (QED) is 0.915. The van der Waals surface area contributed by atoms with Gasteiger partial charge in [-0.3, -0.25) is 9.89 Å². The Morgan fingerprint density at radius 2 is 2.14 bits per heavy atom. The summed E-state index contributed by atoms with van der Waals surface area (Å²) in [4.78, 5) is 11.8. The van der Waals surface area contributed by atoms with Crippen molar-refractivity contribution in [3.05, 3.63) is 41.6 Å². The van der Waals surface area contributed by atoms with E-state index in [1.54, 1.807) is 18.0 Å². The molecular formula is C15H17N3O2S. The van der Waals surface area contributed by atoms with Crippen LogP contribution in [0.1, 0.15) is 30.2 Å². The van der Waals surface area contributed by atoms with Gasteiger partial charge in [0.15, 0.2) is 0 Å². The first-order chi connectivity index (χ1) is 10.1. The smallest absolute Gasteiger partial charge is 0.235 e. The molecule has 2 heterocycles. The number of nitrogens with zero attached hydrogens (tertiary/aromatic N) is 1. The number of hydrogen-bond acceptors (Lipinski definition) is 4. The fourth-order valence-corrected chi connectivity index (χ4v) is 3.46. The average molecular weight is 303 g/mol. The summed E-state index contributed by atoms with van der Waals surface area (Å²) < 4.78 is 5.91. The molecule has 1 atom stereocenters. The Morgan fingerprint density at radius 3 is 2.95 bits per heavy atom. The number of nitrogens with one attached hydrogen (secondary N) is 2. The lowest BCUT2D eigenvalue weighted by Crippen LogP contribution is -2.12. The molecule has 2 aromatic rings. The highest BCUT2D eigenvalue weighted by Crippen LogP contribution is 2.43. The lowest BCUT2D eigenvalue weighted by molar-refractivity contribution is -0.113. The van der Waals surface area contributed by atoms with E-state index in [-0.39, 0.29) is 17.3 Å². The lowest BCUT2D eigenvalue weighted by Gasteiger charge is -2.19. The summed E-state index contributed by atoms with van der Waals surface area (Å²) in [6.07, 6.45) is 1.87. The van der Waals surface area contributed by atoms with E-state index in [4.69, 9.17) is 4.74 Å². The van der Waals surface area contributed by atoms with Crippen LogP contribution in [-0.4, -0.2) is 28.0 Å². The van der Waals surface area contributed by atoms with E-state index in [0.29, 0.717) is 11.6 Å². The summed E-state index contributed by atoms with van der Waals surface area (Å²) in [7, 11) is 0. The zero-order valence-electron chi connectivity index (χ0n) is 11.9. The normalized spacial score (nSPS) is 18.0. The van der Waals surface area contributed by atoms with Gasteiger partial charge in [-0.15, -0.1) is 11.8 Å². The molecular weight excluding hydrogens is 286 g/mol. The van der Waals surface area contributed by atoms with Crippen molar-refractivity contribution in [2.24, 2.45) is 0 Å². The number of carbonyl (C=O) groups is 1. The van der Waals surface area contributed by atoms with Crippen molar-refractivity contribution < 1.29 is 9.53 Å². The number of anilines is 1. The Kier molecular flexibility index (Phi) is 3.88. The summed E-state index contributed by atoms with van der Waals surface area (Å²) in [5.41, 5.74) is 2.04. The second-order valence-electron chi connectivity index (χ2n) is 5.14. The fourth-order valence-electron chi connectivity index (χ4n) is 2.33. The van der Waals surface area contributed by atoms with Crippen LogP contribution in [0.4, 0.5) is 5.82 Å². The van der Waals surface area contributed by atoms with Gasteiger partial charge in [-0.25, -0.2) is 0 Å². The molecule has 1 aliphatic heterocycles. The minimum absolute atomic E-state index is 0.0183. The van der Waals surface area contributed by atoms with Crippen LogP contribution in [0.2, 0.25) is 0 Å². The number of hydrogen-bond donors (Lipinski definition) is 2. The van der Waals surface area contributed by atoms with Gasteiger partial charge in [-0.2, -0.15) is 5.10 Å². The summed E-state index contributed by atoms with van der Waals surface area (Å²) in [6, 6.07) is 7.96. The maximum absolute atomic E-state index is 11.8. The first-order valence-corrected chi connectivity index (χ1v) is 7.90. The Morgan fingerprint density at radius 1 is 1.33 bits per heavy atom. The van der Waals surface area contributed by atoms with Crippen LogP contribution in [0, 0.1) is 0 Å². The molecule has 1 amide bonds. The highest BCUT2D eigenvalue weighted by molar-refractivity contribution is 8.00. The molecule has 0 spiro atoms. The van der Waals surface area contributed by atoms with Crippen LogP contribution in [0.5, 0.6) is 5.75 Å². The largest absolute Gasteiger partial charge is 0.491 e. The van der Waals surface area contributed by atoms with E-state index in [0.717, 1.165) is 16.9 Å². The number of fused-ring (bicyclic) bond motifs is 1. The second kappa shape index (κ2) is 5.81. The van der Waals surface area contributed by atoms with Gasteiger partial charge in [0.1, 0.15) is 11.6 Å². The minimum Gasteiger partial charge on any atom is -0.491 e. The van der Waals surface area contributed by atoms with Crippen molar-refractivity contribution in [1.29, 1.82) is 0 Å². The number of H-pyrrole nitrogens is 1. The van der Waals surface area contributed by atoms with Crippen LogP contribution in [0.3, 0.4) is 0 Å². The molecule has 0 aliphatic carbocycles. The molecule has 5 nitrogen and oxygen atoms in total. The summed E-state index contributed by atoms with van der Waals surface area (Å²) in [6.45, 7) is 4.01. The number of ether oxygens (including phenoxy) is 1. The molecule has 6 heteroatoms. The lowest BCUT2D eigenvalue weighted by atomic mass is 10.1. The molecule has 2 N–H and O–H groups in total. The molecule has 0 fully saturated rings. The van der Waals surface area contributed by atoms with Crippen molar-refractivity contribution in [1.82, 2.24) is 10.2 Å². The Balaban J connectivity index is 2.03. The minimum atomic E-state index is -0.0183. The van der Waals surface area contributed by atoms with Gasteiger partial charge in [-0.1, -0.05) is 18.2 Å². The number of amides is 1. The molecule has 1 aliphatic rings. The van der Waals surface area contributed by atoms with Crippen molar-refractivity contribution in [2.45, 2.75) is 25.2 Å². The van der Waals surface area contributed by atoms with Crippen LogP contribution >= 0.6 is 11.8 Å². The summed E-state index contributed by atoms with van der Waals surface area (Å²) in [5.74, 6) is 1.92. The zero-order valence-corrected chi connectivity index (χ0v) is 12.7. The maximum atomic E-state index is 11.8. The van der Waals surface area contributed by atoms with Gasteiger partial charge in [0.25, 0.3) is 0 Å². The van der Waals surface area contributed by atoms with Crippen molar-refractivity contribution >= 4 is 23.5 Å². The molecule has 0 saturated heterocycles. The predicted molar refractivity (Wildman–Crippen MR) is 83.7 cm³/mol. The van der Waals surface area contributed by atoms with Crippen molar-refractivity contribution in [2.75, 3.05) is 11.1 Å². The highest BCUT2D eigenvalue weighted by atomic mass is 32.2. The van der Waals surface area contributed by atoms with E-state index in [1.165, 1.54) is 0 Å². The Bertz CT molecular complexity index is 654. The summed E-state index contributed by atoms with van der Waals surface area (Å²) in [5, 5.41) is 9.77. The topological polar surface area (TPSA) is 67.0 Å². The third-order valence-electron chi connectivity index (χ3n) is 3.16. The number of benzene rings is 1. The maximum Gasteiger partial charge on any atom is 0.235 e. The third kappa shape index (κ3) is 2.90. The number of aromatic amines is 1. The Labute approximate surface area is 127 Å². The number of aromatic nitrogens is 2. The van der Waals surface area contributed by atoms with Crippen molar-refractivity contribution in [3.8, 4) is 5.75 Å². The van der Waals surface area contributed by atoms with Gasteiger partial charge in [0, 0.05) is 11.1 Å². The SMILES string of the molecule is CC(C)Oc1ccccc1[C@H]1SCC(=O)Nc2[nH]ncc21. The number of carbonyl (C=O) groups excluding carboxylic acids is 1. The van der Waals surface area contributed by atoms with Crippen LogP contribution in [0.15, 0.2) is 30.5 Å². The third-order valence-corrected chi connectivity index (χ3v) is 4.43. The fraction of sp³-hybridized carbons (Fsp3) is 0.333. The van der Waals surface area contributed by atoms with E-state index >= 15 is 0 Å². The molecule has 0 saturated carbocycles. The average Bonchev–Trinajstić information content (AvgIpc) is 2.82. The molecule has 3 rings (SSSR count). The zero-order chi connectivity index (χ0) is 14.8. The van der Waals surface area contributed by atoms with Gasteiger partial charge in [-0.05, 0) is 19.9 Å². The summed E-state index contributed by atoms with van der Waals surface area (Å²) >= 11 is 1.58. The molecule has 21 heavy (non-hydrogen) atoms. The van der Waals surface area contributed by atoms with Crippen molar-refractivity contribution in [3.63, 3.8) is 0 Å². The molecule has 110 valence electrons. The van der Waals surface area contributed by atoms with Gasteiger partial charge >= 0.3 is 0 Å². The first-order valence-electron chi connectivity index (χ1n) is 6.85. The first kappa shape index (κ1) is 14.0. The van der Waals surface area contributed by atoms with Crippen LogP contribution < -0.4 is 10.1 Å². The van der Waals surface area contributed by atoms with Gasteiger partial charge in [0.2, 0.25) is 5.91 Å². The molecule has 1 aromatic carbocycles. The van der Waals surface area contributed by atoms with E-state index in [9.17, 15) is 4.79 Å². The number of para-hydroxylation sites is 1. The van der Waals surface area contributed by atoms with Gasteiger partial charge in [0.05, 0.1) is 23.3 Å². The van der Waals surface area contributed by atoms with Crippen LogP contribution in [-0.2, 0) is 4.79 Å². The van der Waals surface area contributed by atoms with E-state index in [1.807, 2.05) is 38.1 Å². The highest BCUT2D eigenvalue weighted by Gasteiger charge is 2.27. The number of rotatable bonds is 3. The van der Waals surface area contributed by atoms with E-state index < -0.39 is 0 Å². The number of thioether (sulfide) groups is 1. The van der Waals surface area contributed by atoms with Crippen LogP contribution in [0.25, 0.3) is 0 Å². The molecule has 1 aromatic heterocycles. The molecule has 0 radical (unpaired) electrons. The standard InChI is InChI=1S/C15H17N3O2S/c1-9(2)20-12-6-4-3-5-10(12)14-11-7-16-18-15(11)17-13(19)8-21-14/h3-7,9,14H,8H2,1-2H3,(H2,16,17,18,19)/t14-/m1/s1. The monoisotopic (exact) mass is 303 g/mol. The van der Waals surface area contributed by atoms with E-state index in [2.05, 4.69) is 15.5 Å².